The molecule has 0 saturated heterocycles. The molecule has 0 bridgehead atoms. The van der Waals surface area contributed by atoms with Crippen LogP contribution < -0.4 is 0 Å². The number of carbonyl (C=O) groups excluding carboxylic acids is 2. The lowest BCUT2D eigenvalue weighted by Crippen LogP contribution is -2.11. The van der Waals surface area contributed by atoms with Crippen molar-refractivity contribution in [1.29, 1.82) is 0 Å². The van der Waals surface area contributed by atoms with Crippen molar-refractivity contribution < 1.29 is 29.0 Å². The Balaban J connectivity index is 3.74. The lowest BCUT2D eigenvalue weighted by Gasteiger charge is -2.07. The molecule has 0 saturated carbocycles. The lowest BCUT2D eigenvalue weighted by atomic mass is 10.4. The molecule has 1 N–H and O–H groups in total. The van der Waals surface area contributed by atoms with E-state index >= 15 is 0 Å². The molecule has 0 heterocycles. The highest BCUT2D eigenvalue weighted by Gasteiger charge is 2.11. The van der Waals surface area contributed by atoms with Gasteiger partial charge >= 0.3 is 17.9 Å². The molecular formula is C12H16O6S. The van der Waals surface area contributed by atoms with Gasteiger partial charge in [0.05, 0.1) is 12.8 Å². The Morgan fingerprint density at radius 3 is 2.21 bits per heavy atom. The third-order valence-corrected chi connectivity index (χ3v) is 2.68. The third-order valence-electron chi connectivity index (χ3n) is 1.69. The molecule has 0 aromatic rings. The van der Waals surface area contributed by atoms with Gasteiger partial charge in [-0.15, -0.1) is 0 Å². The number of hydrogen-bond donors (Lipinski definition) is 1. The summed E-state index contributed by atoms with van der Waals surface area (Å²) in [5, 5.41) is 8.40. The fourth-order valence-electron chi connectivity index (χ4n) is 0.806. The molecular weight excluding hydrogens is 272 g/mol. The van der Waals surface area contributed by atoms with Gasteiger partial charge in [0.1, 0.15) is 0 Å². The zero-order chi connectivity index (χ0) is 14.8. The SMILES string of the molecule is C=C(OC(=O)CCSCCC(=O)O)OC(=O)C(=C)C. The van der Waals surface area contributed by atoms with Crippen molar-refractivity contribution in [3.63, 3.8) is 0 Å². The van der Waals surface area contributed by atoms with Crippen LogP contribution in [0.3, 0.4) is 0 Å². The normalized spacial score (nSPS) is 9.53. The van der Waals surface area contributed by atoms with Crippen LogP contribution in [0, 0.1) is 0 Å². The molecule has 0 amide bonds. The number of carboxylic acids is 1. The molecule has 0 aromatic heterocycles. The van der Waals surface area contributed by atoms with Crippen LogP contribution in [-0.4, -0.2) is 34.5 Å². The minimum atomic E-state index is -0.879. The minimum absolute atomic E-state index is 0.0443. The van der Waals surface area contributed by atoms with E-state index in [0.717, 1.165) is 0 Å². The molecule has 0 aliphatic heterocycles. The standard InChI is InChI=1S/C12H16O6S/c1-8(2)12(16)18-9(3)17-11(15)5-7-19-6-4-10(13)14/h1,3-7H2,2H3,(H,13,14). The summed E-state index contributed by atoms with van der Waals surface area (Å²) in [5.41, 5.74) is 0.168. The molecule has 0 fully saturated rings. The van der Waals surface area contributed by atoms with Crippen LogP contribution in [0.4, 0.5) is 0 Å². The van der Waals surface area contributed by atoms with Crippen molar-refractivity contribution in [2.45, 2.75) is 19.8 Å². The molecule has 0 aliphatic carbocycles. The molecule has 0 rings (SSSR count). The summed E-state index contributed by atoms with van der Waals surface area (Å²) in [7, 11) is 0. The second kappa shape index (κ2) is 9.21. The predicted octanol–water partition coefficient (Wildman–Crippen LogP) is 1.72. The number of thioether (sulfide) groups is 1. The molecule has 106 valence electrons. The van der Waals surface area contributed by atoms with Crippen LogP contribution in [-0.2, 0) is 23.9 Å². The molecule has 0 unspecified atom stereocenters. The molecule has 6 nitrogen and oxygen atoms in total. The van der Waals surface area contributed by atoms with Crippen molar-refractivity contribution in [2.24, 2.45) is 0 Å². The maximum atomic E-state index is 11.3. The highest BCUT2D eigenvalue weighted by atomic mass is 32.2. The first kappa shape index (κ1) is 17.2. The van der Waals surface area contributed by atoms with Crippen molar-refractivity contribution in [3.8, 4) is 0 Å². The summed E-state index contributed by atoms with van der Waals surface area (Å²) >= 11 is 1.32. The predicted molar refractivity (Wildman–Crippen MR) is 70.3 cm³/mol. The fourth-order valence-corrected chi connectivity index (χ4v) is 1.64. The molecule has 7 heteroatoms. The van der Waals surface area contributed by atoms with E-state index in [0.29, 0.717) is 11.5 Å². The van der Waals surface area contributed by atoms with E-state index < -0.39 is 23.9 Å². The second-order valence-electron chi connectivity index (χ2n) is 3.52. The molecule has 0 aliphatic rings. The highest BCUT2D eigenvalue weighted by Crippen LogP contribution is 2.08. The van der Waals surface area contributed by atoms with Crippen LogP contribution >= 0.6 is 11.8 Å². The zero-order valence-electron chi connectivity index (χ0n) is 10.6. The summed E-state index contributed by atoms with van der Waals surface area (Å²) in [6.07, 6.45) is 0.122. The van der Waals surface area contributed by atoms with Gasteiger partial charge in [-0.05, 0) is 13.5 Å². The minimum Gasteiger partial charge on any atom is -0.481 e. The lowest BCUT2D eigenvalue weighted by molar-refractivity contribution is -0.151. The summed E-state index contributed by atoms with van der Waals surface area (Å²) in [5.74, 6) is -1.73. The van der Waals surface area contributed by atoms with E-state index in [2.05, 4.69) is 22.6 Å². The third kappa shape index (κ3) is 9.90. The molecule has 0 aromatic carbocycles. The topological polar surface area (TPSA) is 89.9 Å². The quantitative estimate of drug-likeness (QED) is 0.299. The molecule has 0 atom stereocenters. The Morgan fingerprint density at radius 2 is 1.68 bits per heavy atom. The Labute approximate surface area is 115 Å². The van der Waals surface area contributed by atoms with Crippen molar-refractivity contribution in [3.05, 3.63) is 24.7 Å². The van der Waals surface area contributed by atoms with Crippen LogP contribution in [0.2, 0.25) is 0 Å². The van der Waals surface area contributed by atoms with Gasteiger partial charge in [0, 0.05) is 17.1 Å². The second-order valence-corrected chi connectivity index (χ2v) is 4.75. The van der Waals surface area contributed by atoms with Gasteiger partial charge in [-0.3, -0.25) is 9.59 Å². The van der Waals surface area contributed by atoms with Gasteiger partial charge in [-0.2, -0.15) is 11.8 Å². The van der Waals surface area contributed by atoms with E-state index in [-0.39, 0.29) is 18.4 Å². The first-order valence-electron chi connectivity index (χ1n) is 5.39. The van der Waals surface area contributed by atoms with Crippen molar-refractivity contribution in [1.82, 2.24) is 0 Å². The Morgan fingerprint density at radius 1 is 1.11 bits per heavy atom. The fraction of sp³-hybridized carbons (Fsp3) is 0.417. The van der Waals surface area contributed by atoms with E-state index in [1.807, 2.05) is 0 Å². The van der Waals surface area contributed by atoms with Crippen molar-refractivity contribution in [2.75, 3.05) is 11.5 Å². The number of aliphatic carboxylic acids is 1. The van der Waals surface area contributed by atoms with Crippen molar-refractivity contribution >= 4 is 29.7 Å². The highest BCUT2D eigenvalue weighted by molar-refractivity contribution is 7.99. The molecule has 0 radical (unpaired) electrons. The average Bonchev–Trinajstić information content (AvgIpc) is 2.27. The molecule has 19 heavy (non-hydrogen) atoms. The monoisotopic (exact) mass is 288 g/mol. The summed E-state index contributed by atoms with van der Waals surface area (Å²) < 4.78 is 9.23. The number of carbonyl (C=O) groups is 3. The van der Waals surface area contributed by atoms with Gasteiger partial charge in [0.15, 0.2) is 0 Å². The average molecular weight is 288 g/mol. The molecule has 0 spiro atoms. The Kier molecular flexibility index (Phi) is 8.35. The Bertz CT molecular complexity index is 388. The number of rotatable bonds is 9. The van der Waals surface area contributed by atoms with E-state index in [4.69, 9.17) is 5.11 Å². The van der Waals surface area contributed by atoms with E-state index in [1.54, 1.807) is 0 Å². The van der Waals surface area contributed by atoms with Gasteiger partial charge in [0.25, 0.3) is 5.95 Å². The van der Waals surface area contributed by atoms with E-state index in [9.17, 15) is 14.4 Å². The van der Waals surface area contributed by atoms with Gasteiger partial charge < -0.3 is 14.6 Å². The smallest absolute Gasteiger partial charge is 0.340 e. The number of ether oxygens (including phenoxy) is 2. The van der Waals surface area contributed by atoms with Crippen LogP contribution in [0.15, 0.2) is 24.7 Å². The maximum Gasteiger partial charge on any atom is 0.340 e. The summed E-state index contributed by atoms with van der Waals surface area (Å²) in [4.78, 5) is 32.6. The van der Waals surface area contributed by atoms with Crippen LogP contribution in [0.1, 0.15) is 19.8 Å². The number of esters is 2. The number of carboxylic acid groups (broad SMARTS) is 1. The number of hydrogen-bond acceptors (Lipinski definition) is 6. The largest absolute Gasteiger partial charge is 0.481 e. The van der Waals surface area contributed by atoms with Gasteiger partial charge in [-0.25, -0.2) is 4.79 Å². The first-order chi connectivity index (χ1) is 8.82. The first-order valence-corrected chi connectivity index (χ1v) is 6.55. The van der Waals surface area contributed by atoms with Crippen LogP contribution in [0.5, 0.6) is 0 Å². The van der Waals surface area contributed by atoms with Crippen LogP contribution in [0.25, 0.3) is 0 Å². The zero-order valence-corrected chi connectivity index (χ0v) is 11.5. The summed E-state index contributed by atoms with van der Waals surface area (Å²) in [6, 6.07) is 0. The summed E-state index contributed by atoms with van der Waals surface area (Å²) in [6.45, 7) is 8.09. The van der Waals surface area contributed by atoms with Gasteiger partial charge in [-0.1, -0.05) is 6.58 Å². The maximum absolute atomic E-state index is 11.3. The Hall–Kier alpha value is -1.76. The van der Waals surface area contributed by atoms with Gasteiger partial charge in [0.2, 0.25) is 0 Å². The van der Waals surface area contributed by atoms with E-state index in [1.165, 1.54) is 18.7 Å².